The Hall–Kier alpha value is -1.44. The van der Waals surface area contributed by atoms with Crippen molar-refractivity contribution in [1.29, 1.82) is 0 Å². The third-order valence-electron chi connectivity index (χ3n) is 2.29. The van der Waals surface area contributed by atoms with Crippen LogP contribution in [0.4, 0.5) is 15.8 Å². The molecule has 1 aromatic carbocycles. The van der Waals surface area contributed by atoms with Gasteiger partial charge in [-0.05, 0) is 6.92 Å². The smallest absolute Gasteiger partial charge is 0.294 e. The molecule has 0 spiro atoms. The van der Waals surface area contributed by atoms with Crippen LogP contribution in [0.3, 0.4) is 0 Å². The van der Waals surface area contributed by atoms with Crippen molar-refractivity contribution in [2.45, 2.75) is 13.0 Å². The summed E-state index contributed by atoms with van der Waals surface area (Å²) in [5.74, 6) is -0.716. The van der Waals surface area contributed by atoms with Crippen LogP contribution < -0.4 is 10.6 Å². The van der Waals surface area contributed by atoms with E-state index < -0.39 is 16.8 Å². The molecule has 19 heavy (non-hydrogen) atoms. The number of hydrogen-bond donors (Lipinski definition) is 3. The van der Waals surface area contributed by atoms with Gasteiger partial charge in [-0.15, -0.1) is 0 Å². The minimum Gasteiger partial charge on any atom is -0.392 e. The molecule has 0 aliphatic rings. The second kappa shape index (κ2) is 7.22. The second-order valence-electron chi connectivity index (χ2n) is 4.02. The highest BCUT2D eigenvalue weighted by molar-refractivity contribution is 6.31. The number of aliphatic hydroxyl groups excluding tert-OH is 1. The minimum atomic E-state index is -0.716. The first kappa shape index (κ1) is 15.6. The molecule has 6 nitrogen and oxygen atoms in total. The molecular weight excluding hydrogens is 277 g/mol. The van der Waals surface area contributed by atoms with E-state index in [0.29, 0.717) is 19.6 Å². The highest BCUT2D eigenvalue weighted by atomic mass is 35.5. The maximum absolute atomic E-state index is 13.3. The average Bonchev–Trinajstić information content (AvgIpc) is 2.32. The van der Waals surface area contributed by atoms with Gasteiger partial charge < -0.3 is 15.7 Å². The summed E-state index contributed by atoms with van der Waals surface area (Å²) in [5, 5.41) is 25.2. The first-order chi connectivity index (χ1) is 8.91. The maximum Gasteiger partial charge on any atom is 0.294 e. The Bertz CT molecular complexity index is 457. The van der Waals surface area contributed by atoms with Crippen LogP contribution in [0.25, 0.3) is 0 Å². The third kappa shape index (κ3) is 4.98. The molecule has 1 unspecified atom stereocenters. The van der Waals surface area contributed by atoms with Gasteiger partial charge in [-0.25, -0.2) is 4.39 Å². The number of nitro benzene ring substituents is 1. The standard InChI is InChI=1S/C11H15ClFN3O3/c1-7(17)6-14-2-3-15-10-5-9(13)8(12)4-11(10)16(18)19/h4-5,7,14-15,17H,2-3,6H2,1H3. The largest absolute Gasteiger partial charge is 0.392 e. The molecule has 0 aromatic heterocycles. The van der Waals surface area contributed by atoms with E-state index in [0.717, 1.165) is 12.1 Å². The number of nitrogens with one attached hydrogen (secondary N) is 2. The Balaban J connectivity index is 2.62. The van der Waals surface area contributed by atoms with Crippen molar-refractivity contribution in [3.63, 3.8) is 0 Å². The molecular formula is C11H15ClFN3O3. The average molecular weight is 292 g/mol. The molecule has 0 aliphatic heterocycles. The van der Waals surface area contributed by atoms with E-state index in [1.165, 1.54) is 0 Å². The molecule has 0 saturated heterocycles. The fourth-order valence-corrected chi connectivity index (χ4v) is 1.58. The van der Waals surface area contributed by atoms with Crippen molar-refractivity contribution in [1.82, 2.24) is 5.32 Å². The lowest BCUT2D eigenvalue weighted by Gasteiger charge is -2.10. The third-order valence-corrected chi connectivity index (χ3v) is 2.58. The Morgan fingerprint density at radius 1 is 1.53 bits per heavy atom. The van der Waals surface area contributed by atoms with Gasteiger partial charge in [-0.1, -0.05) is 11.6 Å². The Morgan fingerprint density at radius 2 is 2.21 bits per heavy atom. The van der Waals surface area contributed by atoms with Crippen LogP contribution in [-0.2, 0) is 0 Å². The van der Waals surface area contributed by atoms with Crippen molar-refractivity contribution in [2.24, 2.45) is 0 Å². The second-order valence-corrected chi connectivity index (χ2v) is 4.43. The van der Waals surface area contributed by atoms with E-state index in [2.05, 4.69) is 10.6 Å². The molecule has 0 aliphatic carbocycles. The van der Waals surface area contributed by atoms with Crippen molar-refractivity contribution in [3.8, 4) is 0 Å². The predicted molar refractivity (Wildman–Crippen MR) is 71.1 cm³/mol. The number of aliphatic hydroxyl groups is 1. The van der Waals surface area contributed by atoms with E-state index in [4.69, 9.17) is 16.7 Å². The topological polar surface area (TPSA) is 87.4 Å². The zero-order chi connectivity index (χ0) is 14.4. The van der Waals surface area contributed by atoms with Crippen LogP contribution in [-0.4, -0.2) is 35.8 Å². The van der Waals surface area contributed by atoms with Gasteiger partial charge in [-0.2, -0.15) is 0 Å². The van der Waals surface area contributed by atoms with Gasteiger partial charge in [0.15, 0.2) is 0 Å². The predicted octanol–water partition coefficient (Wildman–Crippen LogP) is 1.77. The maximum atomic E-state index is 13.3. The molecule has 3 N–H and O–H groups in total. The van der Waals surface area contributed by atoms with Gasteiger partial charge in [0.05, 0.1) is 16.0 Å². The normalized spacial score (nSPS) is 12.2. The van der Waals surface area contributed by atoms with Crippen LogP contribution in [0.2, 0.25) is 5.02 Å². The first-order valence-electron chi connectivity index (χ1n) is 5.68. The van der Waals surface area contributed by atoms with Gasteiger partial charge >= 0.3 is 0 Å². The quantitative estimate of drug-likeness (QED) is 0.405. The summed E-state index contributed by atoms with van der Waals surface area (Å²) >= 11 is 5.50. The summed E-state index contributed by atoms with van der Waals surface area (Å²) in [4.78, 5) is 10.2. The molecule has 0 heterocycles. The molecule has 8 heteroatoms. The lowest BCUT2D eigenvalue weighted by Crippen LogP contribution is -2.29. The van der Waals surface area contributed by atoms with Crippen LogP contribution in [0.15, 0.2) is 12.1 Å². The van der Waals surface area contributed by atoms with Crippen molar-refractivity contribution in [3.05, 3.63) is 33.1 Å². The number of anilines is 1. The molecule has 0 radical (unpaired) electrons. The fraction of sp³-hybridized carbons (Fsp3) is 0.455. The lowest BCUT2D eigenvalue weighted by molar-refractivity contribution is -0.384. The van der Waals surface area contributed by atoms with Crippen LogP contribution in [0.1, 0.15) is 6.92 Å². The SMILES string of the molecule is CC(O)CNCCNc1cc(F)c(Cl)cc1[N+](=O)[O-]. The van der Waals surface area contributed by atoms with Crippen LogP contribution in [0.5, 0.6) is 0 Å². The van der Waals surface area contributed by atoms with E-state index in [1.54, 1.807) is 6.92 Å². The molecule has 0 amide bonds. The summed E-state index contributed by atoms with van der Waals surface area (Å²) < 4.78 is 13.3. The monoisotopic (exact) mass is 291 g/mol. The van der Waals surface area contributed by atoms with E-state index in [1.807, 2.05) is 0 Å². The van der Waals surface area contributed by atoms with Gasteiger partial charge in [0.1, 0.15) is 11.5 Å². The molecule has 106 valence electrons. The van der Waals surface area contributed by atoms with E-state index >= 15 is 0 Å². The summed E-state index contributed by atoms with van der Waals surface area (Å²) in [5.41, 5.74) is -0.201. The van der Waals surface area contributed by atoms with Crippen LogP contribution in [0, 0.1) is 15.9 Å². The number of halogens is 2. The van der Waals surface area contributed by atoms with Gasteiger partial charge in [0.2, 0.25) is 0 Å². The van der Waals surface area contributed by atoms with Gasteiger partial charge in [0, 0.05) is 31.8 Å². The molecule has 1 rings (SSSR count). The fourth-order valence-electron chi connectivity index (χ4n) is 1.43. The Labute approximate surface area is 114 Å². The number of nitro groups is 1. The van der Waals surface area contributed by atoms with Gasteiger partial charge in [0.25, 0.3) is 5.69 Å². The van der Waals surface area contributed by atoms with Crippen molar-refractivity contribution < 1.29 is 14.4 Å². The summed E-state index contributed by atoms with van der Waals surface area (Å²) in [7, 11) is 0. The number of hydrogen-bond acceptors (Lipinski definition) is 5. The highest BCUT2D eigenvalue weighted by Gasteiger charge is 2.17. The van der Waals surface area contributed by atoms with Gasteiger partial charge in [-0.3, -0.25) is 10.1 Å². The van der Waals surface area contributed by atoms with E-state index in [-0.39, 0.29) is 16.4 Å². The van der Waals surface area contributed by atoms with Crippen molar-refractivity contribution >= 4 is 23.0 Å². The lowest BCUT2D eigenvalue weighted by atomic mass is 10.2. The number of nitrogens with zero attached hydrogens (tertiary/aromatic N) is 1. The molecule has 0 bridgehead atoms. The molecule has 0 fully saturated rings. The summed E-state index contributed by atoms with van der Waals surface area (Å²) in [6, 6.07) is 1.97. The molecule has 1 atom stereocenters. The van der Waals surface area contributed by atoms with E-state index in [9.17, 15) is 14.5 Å². The number of rotatable bonds is 7. The van der Waals surface area contributed by atoms with Crippen molar-refractivity contribution in [2.75, 3.05) is 25.0 Å². The summed E-state index contributed by atoms with van der Waals surface area (Å²) in [6.45, 7) is 2.89. The zero-order valence-electron chi connectivity index (χ0n) is 10.3. The highest BCUT2D eigenvalue weighted by Crippen LogP contribution is 2.30. The zero-order valence-corrected chi connectivity index (χ0v) is 11.1. The number of benzene rings is 1. The molecule has 1 aromatic rings. The first-order valence-corrected chi connectivity index (χ1v) is 6.05. The molecule has 0 saturated carbocycles. The Morgan fingerprint density at radius 3 is 2.79 bits per heavy atom. The summed E-state index contributed by atoms with van der Waals surface area (Å²) in [6.07, 6.45) is -0.470. The Kier molecular flexibility index (Phi) is 5.94. The van der Waals surface area contributed by atoms with Crippen LogP contribution >= 0.6 is 11.6 Å². The minimum absolute atomic E-state index is 0.0748.